The van der Waals surface area contributed by atoms with Crippen LogP contribution in [0.4, 0.5) is 0 Å². The quantitative estimate of drug-likeness (QED) is 0.445. The maximum atomic E-state index is 12.7. The number of benzene rings is 2. The predicted molar refractivity (Wildman–Crippen MR) is 120 cm³/mol. The van der Waals surface area contributed by atoms with Crippen molar-refractivity contribution in [3.05, 3.63) is 82.3 Å². The van der Waals surface area contributed by atoms with Gasteiger partial charge in [0.15, 0.2) is 0 Å². The third-order valence-electron chi connectivity index (χ3n) is 4.42. The van der Waals surface area contributed by atoms with Crippen LogP contribution in [0.3, 0.4) is 0 Å². The van der Waals surface area contributed by atoms with Crippen LogP contribution in [-0.4, -0.2) is 26.2 Å². The Hall–Kier alpha value is -2.35. The van der Waals surface area contributed by atoms with Crippen molar-refractivity contribution in [1.82, 2.24) is 19.9 Å². The molecular formula is C21H19ClN4OS2. The highest BCUT2D eigenvalue weighted by molar-refractivity contribution is 7.99. The number of rotatable bonds is 7. The van der Waals surface area contributed by atoms with E-state index < -0.39 is 0 Å². The number of para-hydroxylation sites is 1. The normalized spacial score (nSPS) is 12.2. The van der Waals surface area contributed by atoms with E-state index in [1.54, 1.807) is 29.3 Å². The molecule has 0 aliphatic rings. The second-order valence-electron chi connectivity index (χ2n) is 6.52. The molecule has 0 bridgehead atoms. The number of aryl methyl sites for hydroxylation is 1. The van der Waals surface area contributed by atoms with Gasteiger partial charge >= 0.3 is 0 Å². The third kappa shape index (κ3) is 4.80. The van der Waals surface area contributed by atoms with Crippen LogP contribution in [0, 0.1) is 0 Å². The zero-order valence-electron chi connectivity index (χ0n) is 15.7. The lowest BCUT2D eigenvalue weighted by Crippen LogP contribution is -2.32. The van der Waals surface area contributed by atoms with Crippen molar-refractivity contribution in [2.45, 2.75) is 11.8 Å². The van der Waals surface area contributed by atoms with Gasteiger partial charge in [0, 0.05) is 30.2 Å². The summed E-state index contributed by atoms with van der Waals surface area (Å²) in [7, 11) is 1.92. The summed E-state index contributed by atoms with van der Waals surface area (Å²) in [4.78, 5) is 21.7. The Morgan fingerprint density at radius 1 is 1.24 bits per heavy atom. The van der Waals surface area contributed by atoms with E-state index in [1.807, 2.05) is 60.3 Å². The molecule has 2 aromatic heterocycles. The first-order chi connectivity index (χ1) is 14.1. The summed E-state index contributed by atoms with van der Waals surface area (Å²) in [6, 6.07) is 15.2. The average molecular weight is 443 g/mol. The largest absolute Gasteiger partial charge is 0.341 e. The molecule has 8 heteroatoms. The van der Waals surface area contributed by atoms with E-state index in [9.17, 15) is 4.79 Å². The Bertz CT molecular complexity index is 1090. The maximum absolute atomic E-state index is 12.7. The number of aromatic nitrogens is 3. The molecule has 4 rings (SSSR count). The lowest BCUT2D eigenvalue weighted by atomic mass is 10.1. The first-order valence-corrected chi connectivity index (χ1v) is 11.4. The van der Waals surface area contributed by atoms with Gasteiger partial charge in [-0.3, -0.25) is 4.79 Å². The third-order valence-corrected chi connectivity index (χ3v) is 6.84. The van der Waals surface area contributed by atoms with E-state index >= 15 is 0 Å². The van der Waals surface area contributed by atoms with Crippen LogP contribution in [-0.2, 0) is 17.6 Å². The number of carbonyl (C=O) groups is 1. The number of fused-ring (bicyclic) bond motifs is 1. The molecule has 0 radical (unpaired) electrons. The summed E-state index contributed by atoms with van der Waals surface area (Å²) in [5.74, 6) is 1.79. The fraction of sp³-hybridized carbons (Fsp3) is 0.190. The van der Waals surface area contributed by atoms with Crippen LogP contribution >= 0.6 is 34.7 Å². The number of hydrogen-bond donors (Lipinski definition) is 1. The van der Waals surface area contributed by atoms with Crippen molar-refractivity contribution < 1.29 is 4.79 Å². The second-order valence-corrected chi connectivity index (χ2v) is 9.05. The molecule has 4 aromatic rings. The van der Waals surface area contributed by atoms with Gasteiger partial charge in [-0.25, -0.2) is 9.97 Å². The summed E-state index contributed by atoms with van der Waals surface area (Å²) < 4.78 is 3.08. The Balaban J connectivity index is 1.41. The van der Waals surface area contributed by atoms with Gasteiger partial charge in [0.05, 0.1) is 16.0 Å². The number of halogens is 1. The molecule has 1 atom stereocenters. The van der Waals surface area contributed by atoms with Crippen molar-refractivity contribution in [3.8, 4) is 0 Å². The molecule has 0 saturated heterocycles. The van der Waals surface area contributed by atoms with Crippen LogP contribution in [0.1, 0.15) is 22.4 Å². The molecule has 2 heterocycles. The maximum Gasteiger partial charge on any atom is 0.230 e. The minimum absolute atomic E-state index is 0.0425. The standard InChI is InChI=1S/C21H19ClN4OS2/c1-26-11-10-23-21(26)20(14-6-8-15(22)9-7-14)25-18(27)12-28-13-19-24-16-4-2-3-5-17(16)29-19/h2-11,20H,12-13H2,1H3,(H,25,27)/t20-/m1/s1. The van der Waals surface area contributed by atoms with Crippen LogP contribution in [0.5, 0.6) is 0 Å². The molecule has 2 aromatic carbocycles. The average Bonchev–Trinajstić information content (AvgIpc) is 3.32. The summed E-state index contributed by atoms with van der Waals surface area (Å²) in [6.07, 6.45) is 3.60. The van der Waals surface area contributed by atoms with E-state index in [0.29, 0.717) is 16.5 Å². The smallest absolute Gasteiger partial charge is 0.230 e. The Labute approximate surface area is 182 Å². The summed E-state index contributed by atoms with van der Waals surface area (Å²) in [6.45, 7) is 0. The molecule has 0 aliphatic carbocycles. The fourth-order valence-corrected chi connectivity index (χ4v) is 5.01. The SMILES string of the molecule is Cn1ccnc1[C@H](NC(=O)CSCc1nc2ccccc2s1)c1ccc(Cl)cc1. The van der Waals surface area contributed by atoms with Crippen LogP contribution < -0.4 is 5.32 Å². The minimum atomic E-state index is -0.331. The highest BCUT2D eigenvalue weighted by Crippen LogP contribution is 2.25. The van der Waals surface area contributed by atoms with E-state index in [2.05, 4.69) is 21.4 Å². The minimum Gasteiger partial charge on any atom is -0.341 e. The number of nitrogens with zero attached hydrogens (tertiary/aromatic N) is 3. The van der Waals surface area contributed by atoms with Gasteiger partial charge < -0.3 is 9.88 Å². The first kappa shape index (κ1) is 19.9. The summed E-state index contributed by atoms with van der Waals surface area (Å²) >= 11 is 9.25. The van der Waals surface area contributed by atoms with Gasteiger partial charge in [0.1, 0.15) is 16.9 Å². The Kier molecular flexibility index (Phi) is 6.18. The van der Waals surface area contributed by atoms with E-state index in [1.165, 1.54) is 4.70 Å². The number of thiazole rings is 1. The molecule has 0 spiro atoms. The summed E-state index contributed by atoms with van der Waals surface area (Å²) in [5.41, 5.74) is 1.95. The monoisotopic (exact) mass is 442 g/mol. The second kappa shape index (κ2) is 8.98. The van der Waals surface area contributed by atoms with E-state index in [4.69, 9.17) is 11.6 Å². The zero-order valence-corrected chi connectivity index (χ0v) is 18.1. The van der Waals surface area contributed by atoms with Gasteiger partial charge in [-0.2, -0.15) is 0 Å². The number of nitrogens with one attached hydrogen (secondary N) is 1. The van der Waals surface area contributed by atoms with Gasteiger partial charge in [-0.05, 0) is 29.8 Å². The highest BCUT2D eigenvalue weighted by Gasteiger charge is 2.20. The molecule has 0 saturated carbocycles. The highest BCUT2D eigenvalue weighted by atomic mass is 35.5. The van der Waals surface area contributed by atoms with E-state index in [0.717, 1.165) is 21.9 Å². The molecule has 1 amide bonds. The molecular weight excluding hydrogens is 424 g/mol. The lowest BCUT2D eigenvalue weighted by molar-refractivity contribution is -0.119. The van der Waals surface area contributed by atoms with Gasteiger partial charge in [0.2, 0.25) is 5.91 Å². The molecule has 0 unspecified atom stereocenters. The van der Waals surface area contributed by atoms with Crippen LogP contribution in [0.25, 0.3) is 10.2 Å². The first-order valence-electron chi connectivity index (χ1n) is 9.04. The Morgan fingerprint density at radius 2 is 2.03 bits per heavy atom. The van der Waals surface area contributed by atoms with Crippen molar-refractivity contribution in [2.75, 3.05) is 5.75 Å². The number of imidazole rings is 1. The molecule has 0 fully saturated rings. The number of thioether (sulfide) groups is 1. The number of hydrogen-bond acceptors (Lipinski definition) is 5. The fourth-order valence-electron chi connectivity index (χ4n) is 3.02. The van der Waals surface area contributed by atoms with Gasteiger partial charge in [-0.1, -0.05) is 35.9 Å². The molecule has 5 nitrogen and oxygen atoms in total. The number of carbonyl (C=O) groups excluding carboxylic acids is 1. The van der Waals surface area contributed by atoms with Crippen LogP contribution in [0.15, 0.2) is 60.9 Å². The van der Waals surface area contributed by atoms with Gasteiger partial charge in [-0.15, -0.1) is 23.1 Å². The molecule has 148 valence electrons. The predicted octanol–water partition coefficient (Wildman–Crippen LogP) is 4.82. The molecule has 1 N–H and O–H groups in total. The zero-order chi connectivity index (χ0) is 20.2. The summed E-state index contributed by atoms with van der Waals surface area (Å²) in [5, 5.41) is 4.79. The van der Waals surface area contributed by atoms with Crippen molar-refractivity contribution in [3.63, 3.8) is 0 Å². The number of amides is 1. The van der Waals surface area contributed by atoms with Crippen molar-refractivity contribution in [2.24, 2.45) is 7.05 Å². The van der Waals surface area contributed by atoms with Crippen molar-refractivity contribution >= 4 is 50.8 Å². The van der Waals surface area contributed by atoms with Gasteiger partial charge in [0.25, 0.3) is 0 Å². The van der Waals surface area contributed by atoms with Crippen LogP contribution in [0.2, 0.25) is 5.02 Å². The topological polar surface area (TPSA) is 59.8 Å². The lowest BCUT2D eigenvalue weighted by Gasteiger charge is -2.19. The van der Waals surface area contributed by atoms with Crippen molar-refractivity contribution in [1.29, 1.82) is 0 Å². The Morgan fingerprint density at radius 3 is 2.76 bits per heavy atom. The molecule has 0 aliphatic heterocycles. The van der Waals surface area contributed by atoms with E-state index in [-0.39, 0.29) is 11.9 Å². The molecule has 29 heavy (non-hydrogen) atoms.